The van der Waals surface area contributed by atoms with Gasteiger partial charge in [-0.25, -0.2) is 4.98 Å². The third-order valence-electron chi connectivity index (χ3n) is 3.91. The van der Waals surface area contributed by atoms with Crippen LogP contribution in [-0.2, 0) is 11.3 Å². The monoisotopic (exact) mass is 272 g/mol. The number of carbonyl (C=O) groups excluding carboxylic acids is 1. The minimum absolute atomic E-state index is 0.135. The summed E-state index contributed by atoms with van der Waals surface area (Å²) in [6, 6.07) is 8.09. The Labute approximate surface area is 118 Å². The van der Waals surface area contributed by atoms with Gasteiger partial charge in [-0.2, -0.15) is 0 Å². The van der Waals surface area contributed by atoms with Gasteiger partial charge in [0, 0.05) is 19.6 Å². The molecule has 1 aliphatic heterocycles. The van der Waals surface area contributed by atoms with E-state index in [9.17, 15) is 4.79 Å². The maximum absolute atomic E-state index is 11.9. The number of nitrogens with zero attached hydrogens (tertiary/aromatic N) is 2. The second-order valence-electron chi connectivity index (χ2n) is 5.28. The highest BCUT2D eigenvalue weighted by atomic mass is 16.1. The van der Waals surface area contributed by atoms with Gasteiger partial charge in [0.1, 0.15) is 5.82 Å². The number of nitrogens with one attached hydrogen (secondary N) is 2. The quantitative estimate of drug-likeness (QED) is 0.875. The molecule has 106 valence electrons. The smallest absolute Gasteiger partial charge is 0.224 e. The van der Waals surface area contributed by atoms with E-state index in [0.717, 1.165) is 42.9 Å². The van der Waals surface area contributed by atoms with Crippen molar-refractivity contribution in [2.24, 2.45) is 5.92 Å². The van der Waals surface area contributed by atoms with Crippen LogP contribution in [0.2, 0.25) is 0 Å². The number of amides is 1. The standard InChI is InChI=1S/C15H20N4O/c1-11-18-13-4-2-3-5-14(13)19(11)9-8-17-15(20)12-6-7-16-10-12/h2-5,12,16H,6-10H2,1H3,(H,17,20). The van der Waals surface area contributed by atoms with Crippen molar-refractivity contribution < 1.29 is 4.79 Å². The zero-order valence-electron chi connectivity index (χ0n) is 11.7. The maximum atomic E-state index is 11.9. The van der Waals surface area contributed by atoms with Gasteiger partial charge in [0.2, 0.25) is 5.91 Å². The minimum atomic E-state index is 0.135. The van der Waals surface area contributed by atoms with Crippen molar-refractivity contribution in [3.8, 4) is 0 Å². The van der Waals surface area contributed by atoms with Crippen LogP contribution >= 0.6 is 0 Å². The Bertz CT molecular complexity index is 613. The number of benzene rings is 1. The molecule has 1 unspecified atom stereocenters. The van der Waals surface area contributed by atoms with Crippen LogP contribution in [0, 0.1) is 12.8 Å². The lowest BCUT2D eigenvalue weighted by atomic mass is 10.1. The number of aromatic nitrogens is 2. The highest BCUT2D eigenvalue weighted by molar-refractivity contribution is 5.79. The Kier molecular flexibility index (Phi) is 3.69. The second-order valence-corrected chi connectivity index (χ2v) is 5.28. The molecule has 1 atom stereocenters. The first-order valence-electron chi connectivity index (χ1n) is 7.16. The van der Waals surface area contributed by atoms with E-state index in [1.165, 1.54) is 0 Å². The first-order valence-corrected chi connectivity index (χ1v) is 7.16. The van der Waals surface area contributed by atoms with Gasteiger partial charge in [-0.05, 0) is 32.0 Å². The second kappa shape index (κ2) is 5.63. The molecule has 5 heteroatoms. The molecule has 1 saturated heterocycles. The molecular formula is C15H20N4O. The lowest BCUT2D eigenvalue weighted by molar-refractivity contribution is -0.124. The SMILES string of the molecule is Cc1nc2ccccc2n1CCNC(=O)C1CCNC1. The van der Waals surface area contributed by atoms with Crippen LogP contribution in [0.4, 0.5) is 0 Å². The molecule has 1 amide bonds. The maximum Gasteiger partial charge on any atom is 0.224 e. The fourth-order valence-corrected chi connectivity index (χ4v) is 2.79. The Balaban J connectivity index is 1.62. The van der Waals surface area contributed by atoms with Crippen molar-refractivity contribution in [3.05, 3.63) is 30.1 Å². The normalized spacial score (nSPS) is 18.6. The number of imidazole rings is 1. The minimum Gasteiger partial charge on any atom is -0.354 e. The van der Waals surface area contributed by atoms with Gasteiger partial charge >= 0.3 is 0 Å². The summed E-state index contributed by atoms with van der Waals surface area (Å²) in [4.78, 5) is 16.5. The van der Waals surface area contributed by atoms with Crippen LogP contribution in [0.1, 0.15) is 12.2 Å². The summed E-state index contributed by atoms with van der Waals surface area (Å²) in [6.07, 6.45) is 0.943. The fourth-order valence-electron chi connectivity index (χ4n) is 2.79. The molecule has 20 heavy (non-hydrogen) atoms. The van der Waals surface area contributed by atoms with Gasteiger partial charge in [0.15, 0.2) is 0 Å². The van der Waals surface area contributed by atoms with Crippen molar-refractivity contribution in [2.45, 2.75) is 19.9 Å². The van der Waals surface area contributed by atoms with E-state index in [2.05, 4.69) is 26.3 Å². The number of hydrogen-bond acceptors (Lipinski definition) is 3. The molecule has 0 aliphatic carbocycles. The molecule has 2 aromatic rings. The third-order valence-corrected chi connectivity index (χ3v) is 3.91. The van der Waals surface area contributed by atoms with Crippen LogP contribution in [0.5, 0.6) is 0 Å². The van der Waals surface area contributed by atoms with E-state index >= 15 is 0 Å². The summed E-state index contributed by atoms with van der Waals surface area (Å²) in [5, 5.41) is 6.24. The average molecular weight is 272 g/mol. The Morgan fingerprint density at radius 2 is 2.35 bits per heavy atom. The van der Waals surface area contributed by atoms with Crippen LogP contribution in [0.15, 0.2) is 24.3 Å². The predicted octanol–water partition coefficient (Wildman–Crippen LogP) is 1.07. The van der Waals surface area contributed by atoms with Crippen LogP contribution in [-0.4, -0.2) is 35.1 Å². The van der Waals surface area contributed by atoms with Gasteiger partial charge in [-0.3, -0.25) is 4.79 Å². The molecular weight excluding hydrogens is 252 g/mol. The van der Waals surface area contributed by atoms with E-state index in [4.69, 9.17) is 0 Å². The lowest BCUT2D eigenvalue weighted by Crippen LogP contribution is -2.34. The van der Waals surface area contributed by atoms with E-state index in [1.54, 1.807) is 0 Å². The van der Waals surface area contributed by atoms with E-state index in [0.29, 0.717) is 6.54 Å². The van der Waals surface area contributed by atoms with Gasteiger partial charge in [-0.15, -0.1) is 0 Å². The molecule has 3 rings (SSSR count). The van der Waals surface area contributed by atoms with E-state index in [1.807, 2.05) is 25.1 Å². The molecule has 5 nitrogen and oxygen atoms in total. The number of fused-ring (bicyclic) bond motifs is 1. The summed E-state index contributed by atoms with van der Waals surface area (Å²) in [5.74, 6) is 1.29. The van der Waals surface area contributed by atoms with Crippen molar-refractivity contribution in [2.75, 3.05) is 19.6 Å². The largest absolute Gasteiger partial charge is 0.354 e. The molecule has 1 aromatic heterocycles. The first kappa shape index (κ1) is 13.1. The molecule has 1 aromatic carbocycles. The number of rotatable bonds is 4. The molecule has 0 radical (unpaired) electrons. The summed E-state index contributed by atoms with van der Waals surface area (Å²) in [5.41, 5.74) is 2.14. The fraction of sp³-hybridized carbons (Fsp3) is 0.467. The van der Waals surface area contributed by atoms with Gasteiger partial charge < -0.3 is 15.2 Å². The predicted molar refractivity (Wildman–Crippen MR) is 78.5 cm³/mol. The van der Waals surface area contributed by atoms with Gasteiger partial charge in [0.25, 0.3) is 0 Å². The Morgan fingerprint density at radius 1 is 1.50 bits per heavy atom. The molecule has 1 fully saturated rings. The van der Waals surface area contributed by atoms with Gasteiger partial charge in [-0.1, -0.05) is 12.1 Å². The van der Waals surface area contributed by atoms with Gasteiger partial charge in [0.05, 0.1) is 17.0 Å². The van der Waals surface area contributed by atoms with Crippen molar-refractivity contribution >= 4 is 16.9 Å². The van der Waals surface area contributed by atoms with E-state index in [-0.39, 0.29) is 11.8 Å². The number of hydrogen-bond donors (Lipinski definition) is 2. The number of para-hydroxylation sites is 2. The molecule has 2 heterocycles. The molecule has 0 bridgehead atoms. The molecule has 0 saturated carbocycles. The first-order chi connectivity index (χ1) is 9.75. The topological polar surface area (TPSA) is 59.0 Å². The van der Waals surface area contributed by atoms with Crippen LogP contribution < -0.4 is 10.6 Å². The van der Waals surface area contributed by atoms with Crippen LogP contribution in [0.3, 0.4) is 0 Å². The third kappa shape index (κ3) is 2.54. The Hall–Kier alpha value is -1.88. The lowest BCUT2D eigenvalue weighted by Gasteiger charge is -2.11. The van der Waals surface area contributed by atoms with Crippen LogP contribution in [0.25, 0.3) is 11.0 Å². The van der Waals surface area contributed by atoms with E-state index < -0.39 is 0 Å². The number of aryl methyl sites for hydroxylation is 1. The zero-order chi connectivity index (χ0) is 13.9. The summed E-state index contributed by atoms with van der Waals surface area (Å²) >= 11 is 0. The zero-order valence-corrected chi connectivity index (χ0v) is 11.7. The molecule has 0 spiro atoms. The highest BCUT2D eigenvalue weighted by Crippen LogP contribution is 2.15. The molecule has 2 N–H and O–H groups in total. The summed E-state index contributed by atoms with van der Waals surface area (Å²) < 4.78 is 2.16. The number of carbonyl (C=O) groups is 1. The van der Waals surface area contributed by atoms with Crippen molar-refractivity contribution in [3.63, 3.8) is 0 Å². The molecule has 1 aliphatic rings. The Morgan fingerprint density at radius 3 is 3.15 bits per heavy atom. The highest BCUT2D eigenvalue weighted by Gasteiger charge is 2.21. The van der Waals surface area contributed by atoms with Crippen molar-refractivity contribution in [1.29, 1.82) is 0 Å². The summed E-state index contributed by atoms with van der Waals surface area (Å²) in [7, 11) is 0. The summed E-state index contributed by atoms with van der Waals surface area (Å²) in [6.45, 7) is 5.17. The van der Waals surface area contributed by atoms with Crippen molar-refractivity contribution in [1.82, 2.24) is 20.2 Å². The average Bonchev–Trinajstić information content (AvgIpc) is 3.07.